The Morgan fingerprint density at radius 3 is 0.768 bits per heavy atom. The molecule has 0 aromatic carbocycles. The first kappa shape index (κ1) is 79.4. The van der Waals surface area contributed by atoms with Crippen LogP contribution in [0.4, 0.5) is 0 Å². The van der Waals surface area contributed by atoms with Crippen LogP contribution in [0.15, 0.2) is 48.6 Å². The van der Waals surface area contributed by atoms with E-state index in [0.717, 1.165) is 83.5 Å². The average molecular weight is 1150 g/mol. The fraction of sp³-hybridized carbons (Fsp3) is 0.855. The minimum Gasteiger partial charge on any atom is -0.462 e. The molecule has 0 aliphatic rings. The highest BCUT2D eigenvalue weighted by atomic mass is 16.6. The Kier molecular flexibility index (Phi) is 68.6. The van der Waals surface area contributed by atoms with Gasteiger partial charge in [-0.25, -0.2) is 0 Å². The number of carbonyl (C=O) groups is 3. The summed E-state index contributed by atoms with van der Waals surface area (Å²) in [4.78, 5) is 38.4. The van der Waals surface area contributed by atoms with Crippen molar-refractivity contribution in [2.24, 2.45) is 0 Å². The first-order chi connectivity index (χ1) is 40.5. The van der Waals surface area contributed by atoms with Gasteiger partial charge in [0.15, 0.2) is 6.10 Å². The number of ether oxygens (including phenoxy) is 3. The summed E-state index contributed by atoms with van der Waals surface area (Å²) in [6.45, 7) is 6.58. The molecule has 0 saturated carbocycles. The van der Waals surface area contributed by atoms with E-state index in [-0.39, 0.29) is 31.1 Å². The van der Waals surface area contributed by atoms with Crippen LogP contribution in [0.3, 0.4) is 0 Å². The Hall–Kier alpha value is -2.63. The molecule has 0 amide bonds. The Bertz CT molecular complexity index is 1410. The van der Waals surface area contributed by atoms with Crippen LogP contribution in [0.5, 0.6) is 0 Å². The van der Waals surface area contributed by atoms with E-state index in [1.54, 1.807) is 0 Å². The average Bonchev–Trinajstić information content (AvgIpc) is 3.47. The largest absolute Gasteiger partial charge is 0.462 e. The maximum absolute atomic E-state index is 13.0. The van der Waals surface area contributed by atoms with Crippen LogP contribution in [0.2, 0.25) is 0 Å². The van der Waals surface area contributed by atoms with Gasteiger partial charge in [-0.3, -0.25) is 14.4 Å². The van der Waals surface area contributed by atoms with Gasteiger partial charge in [0.1, 0.15) is 13.2 Å². The topological polar surface area (TPSA) is 78.9 Å². The van der Waals surface area contributed by atoms with E-state index in [9.17, 15) is 14.4 Å². The third kappa shape index (κ3) is 68.2. The van der Waals surface area contributed by atoms with Crippen molar-refractivity contribution >= 4 is 17.9 Å². The Morgan fingerprint density at radius 1 is 0.256 bits per heavy atom. The van der Waals surface area contributed by atoms with Crippen molar-refractivity contribution in [2.75, 3.05) is 13.2 Å². The van der Waals surface area contributed by atoms with E-state index in [2.05, 4.69) is 69.4 Å². The van der Waals surface area contributed by atoms with Crippen molar-refractivity contribution in [3.05, 3.63) is 48.6 Å². The first-order valence-electron chi connectivity index (χ1n) is 36.6. The third-order valence-corrected chi connectivity index (χ3v) is 16.6. The molecule has 0 fully saturated rings. The van der Waals surface area contributed by atoms with Crippen LogP contribution in [0.25, 0.3) is 0 Å². The van der Waals surface area contributed by atoms with Gasteiger partial charge in [0.05, 0.1) is 0 Å². The van der Waals surface area contributed by atoms with Crippen molar-refractivity contribution in [1.82, 2.24) is 0 Å². The van der Waals surface area contributed by atoms with Crippen LogP contribution >= 0.6 is 0 Å². The molecule has 0 bridgehead atoms. The number of esters is 3. The quantitative estimate of drug-likeness (QED) is 0.0261. The zero-order valence-corrected chi connectivity index (χ0v) is 55.3. The first-order valence-corrected chi connectivity index (χ1v) is 36.6. The minimum atomic E-state index is -0.785. The van der Waals surface area contributed by atoms with Crippen LogP contribution in [-0.2, 0) is 28.6 Å². The molecule has 0 aliphatic carbocycles. The second-order valence-corrected chi connectivity index (χ2v) is 24.8. The fourth-order valence-corrected chi connectivity index (χ4v) is 11.1. The summed E-state index contributed by atoms with van der Waals surface area (Å²) in [5.74, 6) is -0.882. The van der Waals surface area contributed by atoms with Crippen molar-refractivity contribution in [3.63, 3.8) is 0 Å². The van der Waals surface area contributed by atoms with E-state index < -0.39 is 6.10 Å². The van der Waals surface area contributed by atoms with Gasteiger partial charge in [0.2, 0.25) is 0 Å². The monoisotopic (exact) mass is 1150 g/mol. The van der Waals surface area contributed by atoms with Crippen molar-refractivity contribution in [1.29, 1.82) is 0 Å². The molecule has 6 heteroatoms. The zero-order valence-electron chi connectivity index (χ0n) is 55.3. The predicted molar refractivity (Wildman–Crippen MR) is 358 cm³/mol. The molecule has 82 heavy (non-hydrogen) atoms. The molecule has 0 aromatic heterocycles. The summed E-state index contributed by atoms with van der Waals surface area (Å²) >= 11 is 0. The molecule has 0 saturated heterocycles. The molecule has 0 radical (unpaired) electrons. The maximum atomic E-state index is 13.0. The van der Waals surface area contributed by atoms with Gasteiger partial charge in [-0.05, 0) is 77.0 Å². The molecule has 0 N–H and O–H groups in total. The van der Waals surface area contributed by atoms with Gasteiger partial charge in [-0.15, -0.1) is 0 Å². The number of carbonyl (C=O) groups excluding carboxylic acids is 3. The highest BCUT2D eigenvalue weighted by molar-refractivity contribution is 5.71. The van der Waals surface area contributed by atoms with Crippen LogP contribution in [-0.4, -0.2) is 37.2 Å². The minimum absolute atomic E-state index is 0.0780. The summed E-state index contributed by atoms with van der Waals surface area (Å²) in [5.41, 5.74) is 0. The van der Waals surface area contributed by atoms with Crippen molar-refractivity contribution in [3.8, 4) is 0 Å². The molecular weight excluding hydrogens is 1010 g/mol. The number of rotatable bonds is 68. The smallest absolute Gasteiger partial charge is 0.306 e. The summed E-state index contributed by atoms with van der Waals surface area (Å²) in [7, 11) is 0. The van der Waals surface area contributed by atoms with Crippen molar-refractivity contribution < 1.29 is 28.6 Å². The third-order valence-electron chi connectivity index (χ3n) is 16.6. The summed E-state index contributed by atoms with van der Waals surface area (Å²) < 4.78 is 17.0. The van der Waals surface area contributed by atoms with Gasteiger partial charge in [-0.1, -0.05) is 352 Å². The molecule has 0 aliphatic heterocycles. The van der Waals surface area contributed by atoms with Crippen molar-refractivity contribution in [2.45, 2.75) is 406 Å². The second-order valence-electron chi connectivity index (χ2n) is 24.8. The lowest BCUT2D eigenvalue weighted by Gasteiger charge is -2.18. The normalized spacial score (nSPS) is 12.3. The lowest BCUT2D eigenvalue weighted by molar-refractivity contribution is -0.167. The van der Waals surface area contributed by atoms with Gasteiger partial charge in [0, 0.05) is 19.3 Å². The van der Waals surface area contributed by atoms with Crippen LogP contribution in [0.1, 0.15) is 400 Å². The Labute approximate surface area is 511 Å². The molecule has 1 unspecified atom stereocenters. The van der Waals surface area contributed by atoms with Crippen LogP contribution in [0, 0.1) is 0 Å². The molecule has 0 spiro atoms. The number of unbranched alkanes of at least 4 members (excludes halogenated alkanes) is 49. The standard InChI is InChI=1S/C76H140O6/c1-4-7-10-13-16-19-22-25-27-29-31-33-35-37-39-40-42-44-46-48-51-54-57-60-63-66-69-75(78)81-72-73(71-80-74(77)68-65-62-59-56-53-50-24-21-18-15-12-9-6-3)82-76(79)70-67-64-61-58-55-52-49-47-45-43-41-38-36-34-32-30-28-26-23-20-17-14-11-8-5-2/h9,12,18,21,30,32,50,53,73H,4-8,10-11,13-17,19-20,22-29,31,33-49,51-52,54-72H2,1-3H3/b12-9-,21-18-,32-30-,53-50-. The van der Waals surface area contributed by atoms with E-state index in [1.165, 1.54) is 276 Å². The van der Waals surface area contributed by atoms with Gasteiger partial charge < -0.3 is 14.2 Å². The number of hydrogen-bond acceptors (Lipinski definition) is 6. The second kappa shape index (κ2) is 70.9. The lowest BCUT2D eigenvalue weighted by atomic mass is 10.0. The molecule has 0 aromatic rings. The zero-order chi connectivity index (χ0) is 59.2. The molecule has 6 nitrogen and oxygen atoms in total. The molecule has 1 atom stereocenters. The SMILES string of the molecule is CC/C=C\C/C=C\C/C=C\CCCCCC(=O)OCC(COC(=O)CCCCCCCCCCCCCCCCCCCCCCCCCCCC)OC(=O)CCCCCCCCCCCCCCC/C=C\CCCCCCCCCC. The summed E-state index contributed by atoms with van der Waals surface area (Å²) in [6, 6.07) is 0. The van der Waals surface area contributed by atoms with E-state index >= 15 is 0 Å². The van der Waals surface area contributed by atoms with E-state index in [0.29, 0.717) is 19.3 Å². The fourth-order valence-electron chi connectivity index (χ4n) is 11.1. The van der Waals surface area contributed by atoms with E-state index in [4.69, 9.17) is 14.2 Å². The Morgan fingerprint density at radius 2 is 0.476 bits per heavy atom. The van der Waals surface area contributed by atoms with Gasteiger partial charge in [0.25, 0.3) is 0 Å². The highest BCUT2D eigenvalue weighted by Gasteiger charge is 2.19. The maximum Gasteiger partial charge on any atom is 0.306 e. The number of hydrogen-bond donors (Lipinski definition) is 0. The molecule has 0 heterocycles. The molecule has 480 valence electrons. The summed E-state index contributed by atoms with van der Waals surface area (Å²) in [5, 5.41) is 0. The predicted octanol–water partition coefficient (Wildman–Crippen LogP) is 25.3. The van der Waals surface area contributed by atoms with Crippen LogP contribution < -0.4 is 0 Å². The molecular formula is C76H140O6. The number of allylic oxidation sites excluding steroid dienone is 8. The van der Waals surface area contributed by atoms with E-state index in [1.807, 2.05) is 0 Å². The molecule has 0 rings (SSSR count). The summed E-state index contributed by atoms with van der Waals surface area (Å²) in [6.07, 6.45) is 90.2. The Balaban J connectivity index is 4.21. The van der Waals surface area contributed by atoms with Gasteiger partial charge in [-0.2, -0.15) is 0 Å². The van der Waals surface area contributed by atoms with Gasteiger partial charge >= 0.3 is 17.9 Å². The highest BCUT2D eigenvalue weighted by Crippen LogP contribution is 2.19. The lowest BCUT2D eigenvalue weighted by Crippen LogP contribution is -2.30.